The molecule has 0 saturated carbocycles. The first-order valence-electron chi connectivity index (χ1n) is 7.41. The highest BCUT2D eigenvalue weighted by Crippen LogP contribution is 2.16. The average molecular weight is 261 g/mol. The van der Waals surface area contributed by atoms with E-state index < -0.39 is 0 Å². The molecule has 0 radical (unpaired) electrons. The molecule has 0 spiro atoms. The summed E-state index contributed by atoms with van der Waals surface area (Å²) < 4.78 is 0. The summed E-state index contributed by atoms with van der Waals surface area (Å²) in [5.74, 6) is 0. The van der Waals surface area contributed by atoms with Crippen molar-refractivity contribution in [1.82, 2.24) is 15.1 Å². The number of hydrogen-bond acceptors (Lipinski definition) is 3. The van der Waals surface area contributed by atoms with Gasteiger partial charge in [0.2, 0.25) is 0 Å². The van der Waals surface area contributed by atoms with E-state index in [0.29, 0.717) is 6.04 Å². The van der Waals surface area contributed by atoms with Crippen LogP contribution in [0.3, 0.4) is 0 Å². The smallest absolute Gasteiger partial charge is 0.0449 e. The van der Waals surface area contributed by atoms with Gasteiger partial charge in [0.25, 0.3) is 0 Å². The van der Waals surface area contributed by atoms with Crippen molar-refractivity contribution >= 4 is 0 Å². The van der Waals surface area contributed by atoms with E-state index in [4.69, 9.17) is 0 Å². The van der Waals surface area contributed by atoms with Gasteiger partial charge in [-0.3, -0.25) is 0 Å². The van der Waals surface area contributed by atoms with E-state index in [1.54, 1.807) is 0 Å². The Kier molecular flexibility index (Phi) is 5.83. The lowest BCUT2D eigenvalue weighted by atomic mass is 10.1. The second-order valence-corrected chi connectivity index (χ2v) is 5.73. The highest BCUT2D eigenvalue weighted by Gasteiger charge is 2.18. The molecule has 1 N–H and O–H groups in total. The molecule has 106 valence electrons. The molecule has 1 saturated heterocycles. The van der Waals surface area contributed by atoms with E-state index in [2.05, 4.69) is 59.5 Å². The van der Waals surface area contributed by atoms with Crippen LogP contribution in [-0.2, 0) is 0 Å². The fraction of sp³-hybridized carbons (Fsp3) is 0.625. The van der Waals surface area contributed by atoms with Crippen LogP contribution in [0, 0.1) is 0 Å². The van der Waals surface area contributed by atoms with Crippen molar-refractivity contribution in [1.29, 1.82) is 0 Å². The van der Waals surface area contributed by atoms with E-state index in [-0.39, 0.29) is 0 Å². The average Bonchev–Trinajstić information content (AvgIpc) is 2.65. The second-order valence-electron chi connectivity index (χ2n) is 5.73. The van der Waals surface area contributed by atoms with Crippen molar-refractivity contribution < 1.29 is 0 Å². The number of nitrogens with zero attached hydrogens (tertiary/aromatic N) is 2. The molecule has 2 rings (SSSR count). The van der Waals surface area contributed by atoms with Gasteiger partial charge in [-0.25, -0.2) is 0 Å². The molecule has 1 aromatic carbocycles. The van der Waals surface area contributed by atoms with Crippen molar-refractivity contribution in [3.8, 4) is 0 Å². The van der Waals surface area contributed by atoms with Crippen LogP contribution in [-0.4, -0.2) is 56.6 Å². The van der Waals surface area contributed by atoms with Gasteiger partial charge in [-0.2, -0.15) is 0 Å². The molecule has 0 amide bonds. The van der Waals surface area contributed by atoms with Crippen LogP contribution in [0.25, 0.3) is 0 Å². The molecule has 19 heavy (non-hydrogen) atoms. The summed E-state index contributed by atoms with van der Waals surface area (Å²) in [5, 5.41) is 3.67. The van der Waals surface area contributed by atoms with Gasteiger partial charge in [-0.05, 0) is 58.7 Å². The predicted octanol–water partition coefficient (Wildman–Crippen LogP) is 1.97. The van der Waals surface area contributed by atoms with Crippen LogP contribution >= 0.6 is 0 Å². The summed E-state index contributed by atoms with van der Waals surface area (Å²) in [6, 6.07) is 11.3. The maximum atomic E-state index is 3.67. The summed E-state index contributed by atoms with van der Waals surface area (Å²) in [6.07, 6.45) is 2.51. The lowest BCUT2D eigenvalue weighted by Crippen LogP contribution is -2.33. The Labute approximate surface area is 117 Å². The SMILES string of the molecule is CN(C)CCCN1CCCNC(c2ccccc2)C1. The largest absolute Gasteiger partial charge is 0.309 e. The summed E-state index contributed by atoms with van der Waals surface area (Å²) >= 11 is 0. The van der Waals surface area contributed by atoms with E-state index in [1.807, 2.05) is 0 Å². The predicted molar refractivity (Wildman–Crippen MR) is 81.4 cm³/mol. The quantitative estimate of drug-likeness (QED) is 0.874. The normalized spacial score (nSPS) is 21.5. The first-order valence-corrected chi connectivity index (χ1v) is 7.41. The van der Waals surface area contributed by atoms with Crippen LogP contribution in [0.5, 0.6) is 0 Å². The molecule has 3 nitrogen and oxygen atoms in total. The molecular formula is C16H27N3. The fourth-order valence-corrected chi connectivity index (χ4v) is 2.72. The Morgan fingerprint density at radius 3 is 2.79 bits per heavy atom. The van der Waals surface area contributed by atoms with Gasteiger partial charge in [0.15, 0.2) is 0 Å². The van der Waals surface area contributed by atoms with E-state index in [1.165, 1.54) is 38.0 Å². The third kappa shape index (κ3) is 4.94. The van der Waals surface area contributed by atoms with E-state index >= 15 is 0 Å². The molecule has 1 aliphatic rings. The third-order valence-corrected chi connectivity index (χ3v) is 3.76. The minimum Gasteiger partial charge on any atom is -0.309 e. The van der Waals surface area contributed by atoms with Crippen molar-refractivity contribution in [2.45, 2.75) is 18.9 Å². The Balaban J connectivity index is 1.88. The van der Waals surface area contributed by atoms with Crippen molar-refractivity contribution in [3.05, 3.63) is 35.9 Å². The number of rotatable bonds is 5. The van der Waals surface area contributed by atoms with Crippen molar-refractivity contribution in [3.63, 3.8) is 0 Å². The Bertz CT molecular complexity index is 350. The maximum absolute atomic E-state index is 3.67. The maximum Gasteiger partial charge on any atom is 0.0449 e. The third-order valence-electron chi connectivity index (χ3n) is 3.76. The minimum atomic E-state index is 0.489. The standard InChI is InChI=1S/C16H27N3/c1-18(2)11-7-13-19-12-6-10-17-16(14-19)15-8-4-3-5-9-15/h3-5,8-9,16-17H,6-7,10-14H2,1-2H3. The first-order chi connectivity index (χ1) is 9.25. The molecule has 1 aliphatic heterocycles. The molecule has 0 aliphatic carbocycles. The summed E-state index contributed by atoms with van der Waals surface area (Å²) in [4.78, 5) is 4.88. The molecule has 3 heteroatoms. The number of benzene rings is 1. The minimum absolute atomic E-state index is 0.489. The van der Waals surface area contributed by atoms with Gasteiger partial charge < -0.3 is 15.1 Å². The molecule has 1 heterocycles. The lowest BCUT2D eigenvalue weighted by molar-refractivity contribution is 0.251. The van der Waals surface area contributed by atoms with Gasteiger partial charge in [0.05, 0.1) is 0 Å². The highest BCUT2D eigenvalue weighted by atomic mass is 15.2. The zero-order valence-corrected chi connectivity index (χ0v) is 12.3. The zero-order valence-electron chi connectivity index (χ0n) is 12.3. The fourth-order valence-electron chi connectivity index (χ4n) is 2.72. The van der Waals surface area contributed by atoms with Crippen LogP contribution in [0.2, 0.25) is 0 Å². The molecule has 1 aromatic rings. The van der Waals surface area contributed by atoms with Gasteiger partial charge in [-0.15, -0.1) is 0 Å². The Morgan fingerprint density at radius 1 is 1.26 bits per heavy atom. The van der Waals surface area contributed by atoms with Crippen LogP contribution in [0.4, 0.5) is 0 Å². The molecule has 1 atom stereocenters. The molecule has 0 aromatic heterocycles. The summed E-state index contributed by atoms with van der Waals surface area (Å²) in [6.45, 7) is 5.88. The second kappa shape index (κ2) is 7.63. The Hall–Kier alpha value is -0.900. The first kappa shape index (κ1) is 14.5. The van der Waals surface area contributed by atoms with Crippen LogP contribution in [0.15, 0.2) is 30.3 Å². The van der Waals surface area contributed by atoms with Crippen LogP contribution in [0.1, 0.15) is 24.4 Å². The van der Waals surface area contributed by atoms with Crippen molar-refractivity contribution in [2.75, 3.05) is 46.8 Å². The van der Waals surface area contributed by atoms with E-state index in [9.17, 15) is 0 Å². The van der Waals surface area contributed by atoms with Gasteiger partial charge in [-0.1, -0.05) is 30.3 Å². The lowest BCUT2D eigenvalue weighted by Gasteiger charge is -2.25. The highest BCUT2D eigenvalue weighted by molar-refractivity contribution is 5.19. The summed E-state index contributed by atoms with van der Waals surface area (Å²) in [5.41, 5.74) is 1.42. The molecule has 0 bridgehead atoms. The molecule has 1 unspecified atom stereocenters. The number of hydrogen-bond donors (Lipinski definition) is 1. The molecular weight excluding hydrogens is 234 g/mol. The van der Waals surface area contributed by atoms with Gasteiger partial charge in [0, 0.05) is 12.6 Å². The number of nitrogens with one attached hydrogen (secondary N) is 1. The zero-order chi connectivity index (χ0) is 13.5. The summed E-state index contributed by atoms with van der Waals surface area (Å²) in [7, 11) is 4.30. The van der Waals surface area contributed by atoms with E-state index in [0.717, 1.165) is 13.1 Å². The molecule has 1 fully saturated rings. The Morgan fingerprint density at radius 2 is 2.05 bits per heavy atom. The van der Waals surface area contributed by atoms with Gasteiger partial charge >= 0.3 is 0 Å². The van der Waals surface area contributed by atoms with Crippen LogP contribution < -0.4 is 5.32 Å². The monoisotopic (exact) mass is 261 g/mol. The van der Waals surface area contributed by atoms with Crippen molar-refractivity contribution in [2.24, 2.45) is 0 Å². The van der Waals surface area contributed by atoms with Gasteiger partial charge in [0.1, 0.15) is 0 Å². The topological polar surface area (TPSA) is 18.5 Å².